The molecule has 0 saturated carbocycles. The fourth-order valence-corrected chi connectivity index (χ4v) is 4.31. The van der Waals surface area contributed by atoms with Crippen LogP contribution in [-0.2, 0) is 11.4 Å². The fraction of sp³-hybridized carbons (Fsp3) is 0.238. The summed E-state index contributed by atoms with van der Waals surface area (Å²) in [5, 5.41) is 8.03. The Balaban J connectivity index is 1.60. The summed E-state index contributed by atoms with van der Waals surface area (Å²) in [5.74, 6) is 0.827. The number of allylic oxidation sites excluding steroid dienone is 1. The minimum absolute atomic E-state index is 0.155. The van der Waals surface area contributed by atoms with Crippen LogP contribution >= 0.6 is 35.4 Å². The molecule has 1 atom stereocenters. The van der Waals surface area contributed by atoms with Gasteiger partial charge in [0.15, 0.2) is 10.9 Å². The number of halogens is 2. The van der Waals surface area contributed by atoms with Crippen molar-refractivity contribution in [2.45, 2.75) is 31.9 Å². The van der Waals surface area contributed by atoms with E-state index in [-0.39, 0.29) is 18.4 Å². The second-order valence-corrected chi connectivity index (χ2v) is 7.98. The Kier molecular flexibility index (Phi) is 5.58. The number of ether oxygens (including phenoxy) is 1. The third-order valence-electron chi connectivity index (χ3n) is 4.92. The van der Waals surface area contributed by atoms with Crippen LogP contribution in [0.3, 0.4) is 0 Å². The normalized spacial score (nSPS) is 19.0. The average Bonchev–Trinajstić information content (AvgIpc) is 2.67. The SMILES string of the molecule is O=C1CCCC2=C1C(c1cccc(OCc3c(Cl)cccc3Cl)c1)NC(=S)N2. The Labute approximate surface area is 178 Å². The van der Waals surface area contributed by atoms with Crippen molar-refractivity contribution in [1.29, 1.82) is 0 Å². The minimum atomic E-state index is -0.274. The Morgan fingerprint density at radius 2 is 1.86 bits per heavy atom. The second kappa shape index (κ2) is 8.11. The minimum Gasteiger partial charge on any atom is -0.489 e. The van der Waals surface area contributed by atoms with Crippen molar-refractivity contribution in [1.82, 2.24) is 10.6 Å². The Bertz CT molecular complexity index is 970. The van der Waals surface area contributed by atoms with Gasteiger partial charge < -0.3 is 15.4 Å². The van der Waals surface area contributed by atoms with E-state index < -0.39 is 0 Å². The Morgan fingerprint density at radius 1 is 1.11 bits per heavy atom. The van der Waals surface area contributed by atoms with Crippen molar-refractivity contribution in [3.05, 3.63) is 74.9 Å². The number of hydrogen-bond donors (Lipinski definition) is 2. The first-order valence-corrected chi connectivity index (χ1v) is 10.2. The molecular weight excluding hydrogens is 415 g/mol. The van der Waals surface area contributed by atoms with Gasteiger partial charge in [-0.2, -0.15) is 0 Å². The van der Waals surface area contributed by atoms with Crippen LogP contribution in [0.4, 0.5) is 0 Å². The van der Waals surface area contributed by atoms with Gasteiger partial charge in [-0.1, -0.05) is 41.4 Å². The van der Waals surface area contributed by atoms with Gasteiger partial charge in [0.1, 0.15) is 12.4 Å². The number of rotatable bonds is 4. The molecule has 28 heavy (non-hydrogen) atoms. The van der Waals surface area contributed by atoms with E-state index in [2.05, 4.69) is 10.6 Å². The molecular formula is C21H18Cl2N2O2S. The molecule has 0 bridgehead atoms. The number of thiocarbonyl (C=S) groups is 1. The predicted molar refractivity (Wildman–Crippen MR) is 115 cm³/mol. The predicted octanol–water partition coefficient (Wildman–Crippen LogP) is 5.10. The van der Waals surface area contributed by atoms with Gasteiger partial charge in [-0.15, -0.1) is 0 Å². The zero-order chi connectivity index (χ0) is 19.7. The maximum atomic E-state index is 12.5. The van der Waals surface area contributed by atoms with Gasteiger partial charge >= 0.3 is 0 Å². The number of benzene rings is 2. The number of ketones is 1. The van der Waals surface area contributed by atoms with Gasteiger partial charge in [-0.25, -0.2) is 0 Å². The van der Waals surface area contributed by atoms with Gasteiger partial charge in [0, 0.05) is 33.3 Å². The summed E-state index contributed by atoms with van der Waals surface area (Å²) in [6.45, 7) is 0.257. The van der Waals surface area contributed by atoms with Crippen molar-refractivity contribution in [3.8, 4) is 5.75 Å². The van der Waals surface area contributed by atoms with E-state index in [0.717, 1.165) is 35.2 Å². The summed E-state index contributed by atoms with van der Waals surface area (Å²) >= 11 is 17.8. The molecule has 1 unspecified atom stereocenters. The molecule has 0 saturated heterocycles. The monoisotopic (exact) mass is 432 g/mol. The average molecular weight is 433 g/mol. The first-order chi connectivity index (χ1) is 13.5. The van der Waals surface area contributed by atoms with Crippen LogP contribution < -0.4 is 15.4 Å². The molecule has 0 amide bonds. The van der Waals surface area contributed by atoms with Crippen LogP contribution in [0.2, 0.25) is 10.0 Å². The van der Waals surface area contributed by atoms with Gasteiger partial charge in [0.05, 0.1) is 6.04 Å². The van der Waals surface area contributed by atoms with E-state index in [1.165, 1.54) is 0 Å². The van der Waals surface area contributed by atoms with E-state index in [0.29, 0.717) is 27.3 Å². The van der Waals surface area contributed by atoms with Crippen LogP contribution in [0, 0.1) is 0 Å². The lowest BCUT2D eigenvalue weighted by molar-refractivity contribution is -0.116. The Morgan fingerprint density at radius 3 is 2.64 bits per heavy atom. The lowest BCUT2D eigenvalue weighted by atomic mass is 9.85. The molecule has 1 heterocycles. The van der Waals surface area contributed by atoms with Crippen molar-refractivity contribution < 1.29 is 9.53 Å². The maximum absolute atomic E-state index is 12.5. The molecule has 1 aliphatic heterocycles. The highest BCUT2D eigenvalue weighted by molar-refractivity contribution is 7.80. The summed E-state index contributed by atoms with van der Waals surface area (Å²) in [6.07, 6.45) is 2.25. The molecule has 0 spiro atoms. The highest BCUT2D eigenvalue weighted by atomic mass is 35.5. The molecule has 7 heteroatoms. The van der Waals surface area contributed by atoms with Crippen molar-refractivity contribution in [2.24, 2.45) is 0 Å². The van der Waals surface area contributed by atoms with E-state index in [1.54, 1.807) is 18.2 Å². The van der Waals surface area contributed by atoms with Crippen LogP contribution in [0.1, 0.15) is 36.4 Å². The quantitative estimate of drug-likeness (QED) is 0.658. The van der Waals surface area contributed by atoms with Crippen molar-refractivity contribution >= 4 is 46.3 Å². The molecule has 0 aromatic heterocycles. The van der Waals surface area contributed by atoms with E-state index in [4.69, 9.17) is 40.2 Å². The zero-order valence-corrected chi connectivity index (χ0v) is 17.3. The largest absolute Gasteiger partial charge is 0.489 e. The Hall–Kier alpha value is -2.08. The first kappa shape index (κ1) is 19.2. The molecule has 0 radical (unpaired) electrons. The molecule has 4 rings (SSSR count). The smallest absolute Gasteiger partial charge is 0.171 e. The van der Waals surface area contributed by atoms with Crippen LogP contribution in [-0.4, -0.2) is 10.9 Å². The molecule has 2 aromatic rings. The number of nitrogens with one attached hydrogen (secondary N) is 2. The molecule has 2 aromatic carbocycles. The molecule has 2 aliphatic rings. The number of carbonyl (C=O) groups is 1. The first-order valence-electron chi connectivity index (χ1n) is 9.02. The van der Waals surface area contributed by atoms with Gasteiger partial charge in [0.25, 0.3) is 0 Å². The van der Waals surface area contributed by atoms with Crippen LogP contribution in [0.15, 0.2) is 53.7 Å². The van der Waals surface area contributed by atoms with E-state index in [9.17, 15) is 4.79 Å². The highest BCUT2D eigenvalue weighted by Crippen LogP contribution is 2.35. The fourth-order valence-electron chi connectivity index (χ4n) is 3.56. The topological polar surface area (TPSA) is 50.4 Å². The number of carbonyl (C=O) groups excluding carboxylic acids is 1. The molecule has 4 nitrogen and oxygen atoms in total. The zero-order valence-electron chi connectivity index (χ0n) is 14.9. The lowest BCUT2D eigenvalue weighted by Crippen LogP contribution is -2.46. The summed E-state index contributed by atoms with van der Waals surface area (Å²) in [5.41, 5.74) is 3.37. The van der Waals surface area contributed by atoms with Crippen molar-refractivity contribution in [3.63, 3.8) is 0 Å². The summed E-state index contributed by atoms with van der Waals surface area (Å²) < 4.78 is 5.93. The number of Topliss-reactive ketones (excluding diaryl/α,β-unsaturated/α-hetero) is 1. The lowest BCUT2D eigenvalue weighted by Gasteiger charge is -2.33. The molecule has 1 aliphatic carbocycles. The van der Waals surface area contributed by atoms with Crippen LogP contribution in [0.5, 0.6) is 5.75 Å². The summed E-state index contributed by atoms with van der Waals surface area (Å²) in [4.78, 5) is 12.5. The van der Waals surface area contributed by atoms with Gasteiger partial charge in [-0.05, 0) is 54.9 Å². The highest BCUT2D eigenvalue weighted by Gasteiger charge is 2.33. The van der Waals surface area contributed by atoms with Gasteiger partial charge in [-0.3, -0.25) is 4.79 Å². The standard InChI is InChI=1S/C21H18Cl2N2O2S/c22-15-6-2-7-16(23)14(15)11-27-13-5-1-4-12(10-13)20-19-17(24-21(28)25-20)8-3-9-18(19)26/h1-2,4-7,10,20H,3,8-9,11H2,(H2,24,25,28). The summed E-state index contributed by atoms with van der Waals surface area (Å²) in [7, 11) is 0. The molecule has 0 fully saturated rings. The van der Waals surface area contributed by atoms with Crippen LogP contribution in [0.25, 0.3) is 0 Å². The third-order valence-corrected chi connectivity index (χ3v) is 5.85. The maximum Gasteiger partial charge on any atom is 0.171 e. The second-order valence-electron chi connectivity index (χ2n) is 6.76. The van der Waals surface area contributed by atoms with Crippen molar-refractivity contribution in [2.75, 3.05) is 0 Å². The van der Waals surface area contributed by atoms with E-state index in [1.807, 2.05) is 24.3 Å². The van der Waals surface area contributed by atoms with Gasteiger partial charge in [0.2, 0.25) is 0 Å². The molecule has 144 valence electrons. The molecule has 2 N–H and O–H groups in total. The van der Waals surface area contributed by atoms with E-state index >= 15 is 0 Å². The number of hydrogen-bond acceptors (Lipinski definition) is 3. The summed E-state index contributed by atoms with van der Waals surface area (Å²) in [6, 6.07) is 12.7. The third kappa shape index (κ3) is 3.88.